The average Bonchev–Trinajstić information content (AvgIpc) is 3.10. The Morgan fingerprint density at radius 1 is 1.21 bits per heavy atom. The number of hydrogen-bond donors (Lipinski definition) is 0. The molecule has 1 heterocycles. The van der Waals surface area contributed by atoms with Gasteiger partial charge in [-0.1, -0.05) is 35.3 Å². The molecule has 2 aromatic rings. The molecule has 0 N–H and O–H groups in total. The Morgan fingerprint density at radius 2 is 1.97 bits per heavy atom. The van der Waals surface area contributed by atoms with Gasteiger partial charge in [0, 0.05) is 37.3 Å². The largest absolute Gasteiger partial charge is 0.468 e. The molecule has 3 rings (SSSR count). The number of likely N-dealkylation sites (tertiary alicyclic amines) is 1. The lowest BCUT2D eigenvalue weighted by Gasteiger charge is -2.25. The van der Waals surface area contributed by atoms with Gasteiger partial charge in [0.2, 0.25) is 0 Å². The molecule has 0 bridgehead atoms. The highest BCUT2D eigenvalue weighted by Gasteiger charge is 2.39. The van der Waals surface area contributed by atoms with Crippen LogP contribution in [0.15, 0.2) is 36.4 Å². The van der Waals surface area contributed by atoms with Crippen LogP contribution in [0.1, 0.15) is 17.5 Å². The van der Waals surface area contributed by atoms with Gasteiger partial charge in [-0.05, 0) is 37.2 Å². The molecular formula is C21H22Cl2F2N2O2. The van der Waals surface area contributed by atoms with Crippen LogP contribution in [0.25, 0.3) is 0 Å². The first kappa shape index (κ1) is 22.0. The Hall–Kier alpha value is -1.73. The van der Waals surface area contributed by atoms with E-state index in [-0.39, 0.29) is 12.0 Å². The standard InChI is InChI=1S/C21H22Cl2F2N2O2/c1-26(11-14-4-5-15(24)8-19(14)25)16-9-20(21(28)29-2)27(12-16)10-13-3-6-17(22)18(23)7-13/h3-8,16,20H,9-12H2,1-2H3. The van der Waals surface area contributed by atoms with Crippen molar-refractivity contribution in [1.29, 1.82) is 0 Å². The van der Waals surface area contributed by atoms with E-state index in [1.807, 2.05) is 22.9 Å². The fourth-order valence-electron chi connectivity index (χ4n) is 3.67. The maximum atomic E-state index is 14.0. The third-order valence-electron chi connectivity index (χ3n) is 5.28. The molecule has 1 saturated heterocycles. The molecule has 0 aromatic heterocycles. The predicted molar refractivity (Wildman–Crippen MR) is 109 cm³/mol. The zero-order valence-electron chi connectivity index (χ0n) is 16.2. The van der Waals surface area contributed by atoms with Gasteiger partial charge in [-0.15, -0.1) is 0 Å². The third kappa shape index (κ3) is 5.25. The maximum Gasteiger partial charge on any atom is 0.323 e. The van der Waals surface area contributed by atoms with E-state index in [1.165, 1.54) is 19.2 Å². The molecule has 29 heavy (non-hydrogen) atoms. The van der Waals surface area contributed by atoms with Crippen molar-refractivity contribution in [2.75, 3.05) is 20.7 Å². The Kier molecular flexibility index (Phi) is 7.11. The van der Waals surface area contributed by atoms with Gasteiger partial charge in [0.1, 0.15) is 17.7 Å². The number of likely N-dealkylation sites (N-methyl/N-ethyl adjacent to an activating group) is 1. The maximum absolute atomic E-state index is 14.0. The minimum Gasteiger partial charge on any atom is -0.468 e. The number of ether oxygens (including phenoxy) is 1. The minimum absolute atomic E-state index is 0.00586. The van der Waals surface area contributed by atoms with E-state index in [1.54, 1.807) is 12.1 Å². The fraction of sp³-hybridized carbons (Fsp3) is 0.381. The van der Waals surface area contributed by atoms with Gasteiger partial charge >= 0.3 is 5.97 Å². The second kappa shape index (κ2) is 9.39. The summed E-state index contributed by atoms with van der Waals surface area (Å²) in [6, 6.07) is 8.54. The number of nitrogens with zero attached hydrogens (tertiary/aromatic N) is 2. The molecular weight excluding hydrogens is 421 g/mol. The first-order valence-corrected chi connectivity index (χ1v) is 9.94. The average molecular weight is 443 g/mol. The van der Waals surface area contributed by atoms with Crippen molar-refractivity contribution in [1.82, 2.24) is 9.80 Å². The van der Waals surface area contributed by atoms with Crippen LogP contribution in [-0.2, 0) is 22.6 Å². The second-order valence-electron chi connectivity index (χ2n) is 7.26. The minimum atomic E-state index is -0.603. The number of methoxy groups -OCH3 is 1. The van der Waals surface area contributed by atoms with Crippen molar-refractivity contribution >= 4 is 29.2 Å². The van der Waals surface area contributed by atoms with Crippen molar-refractivity contribution in [3.05, 3.63) is 69.2 Å². The van der Waals surface area contributed by atoms with Crippen LogP contribution in [-0.4, -0.2) is 48.6 Å². The van der Waals surface area contributed by atoms with Gasteiger partial charge in [0.15, 0.2) is 0 Å². The summed E-state index contributed by atoms with van der Waals surface area (Å²) < 4.78 is 32.1. The van der Waals surface area contributed by atoms with Crippen LogP contribution >= 0.6 is 23.2 Å². The van der Waals surface area contributed by atoms with Crippen LogP contribution < -0.4 is 0 Å². The fourth-order valence-corrected chi connectivity index (χ4v) is 4.00. The second-order valence-corrected chi connectivity index (χ2v) is 8.07. The quantitative estimate of drug-likeness (QED) is 0.615. The molecule has 0 saturated carbocycles. The molecule has 4 nitrogen and oxygen atoms in total. The van der Waals surface area contributed by atoms with Gasteiger partial charge in [-0.25, -0.2) is 8.78 Å². The molecule has 2 aromatic carbocycles. The number of carbonyl (C=O) groups excluding carboxylic acids is 1. The van der Waals surface area contributed by atoms with Gasteiger partial charge < -0.3 is 4.74 Å². The van der Waals surface area contributed by atoms with E-state index in [2.05, 4.69) is 0 Å². The monoisotopic (exact) mass is 442 g/mol. The number of halogens is 4. The lowest BCUT2D eigenvalue weighted by atomic mass is 10.1. The Bertz CT molecular complexity index is 897. The van der Waals surface area contributed by atoms with Crippen molar-refractivity contribution in [2.45, 2.75) is 31.6 Å². The lowest BCUT2D eigenvalue weighted by Crippen LogP contribution is -2.36. The highest BCUT2D eigenvalue weighted by molar-refractivity contribution is 6.42. The Labute approximate surface area is 178 Å². The van der Waals surface area contributed by atoms with E-state index in [0.717, 1.165) is 11.6 Å². The summed E-state index contributed by atoms with van der Waals surface area (Å²) in [5.41, 5.74) is 1.34. The predicted octanol–water partition coefficient (Wildman–Crippen LogP) is 4.52. The van der Waals surface area contributed by atoms with Crippen molar-refractivity contribution in [2.24, 2.45) is 0 Å². The summed E-state index contributed by atoms with van der Waals surface area (Å²) in [5, 5.41) is 0.929. The summed E-state index contributed by atoms with van der Waals surface area (Å²) >= 11 is 12.1. The van der Waals surface area contributed by atoms with E-state index in [4.69, 9.17) is 27.9 Å². The smallest absolute Gasteiger partial charge is 0.323 e. The van der Waals surface area contributed by atoms with Gasteiger partial charge in [-0.3, -0.25) is 14.6 Å². The Morgan fingerprint density at radius 3 is 2.62 bits per heavy atom. The summed E-state index contributed by atoms with van der Waals surface area (Å²) in [6.07, 6.45) is 0.549. The van der Waals surface area contributed by atoms with Crippen LogP contribution in [0.5, 0.6) is 0 Å². The summed E-state index contributed by atoms with van der Waals surface area (Å²) in [6.45, 7) is 1.41. The van der Waals surface area contributed by atoms with Crippen molar-refractivity contribution in [3.63, 3.8) is 0 Å². The number of benzene rings is 2. The first-order chi connectivity index (χ1) is 13.8. The van der Waals surface area contributed by atoms with E-state index in [9.17, 15) is 13.6 Å². The highest BCUT2D eigenvalue weighted by Crippen LogP contribution is 2.28. The van der Waals surface area contributed by atoms with Crippen LogP contribution in [0.4, 0.5) is 8.78 Å². The molecule has 0 radical (unpaired) electrons. The lowest BCUT2D eigenvalue weighted by molar-refractivity contribution is -0.146. The molecule has 2 unspecified atom stereocenters. The van der Waals surface area contributed by atoms with E-state index in [0.29, 0.717) is 41.7 Å². The van der Waals surface area contributed by atoms with Crippen molar-refractivity contribution < 1.29 is 18.3 Å². The third-order valence-corrected chi connectivity index (χ3v) is 6.02. The van der Waals surface area contributed by atoms with E-state index < -0.39 is 17.7 Å². The molecule has 2 atom stereocenters. The number of hydrogen-bond acceptors (Lipinski definition) is 4. The van der Waals surface area contributed by atoms with E-state index >= 15 is 0 Å². The van der Waals surface area contributed by atoms with Crippen LogP contribution in [0, 0.1) is 11.6 Å². The van der Waals surface area contributed by atoms with Crippen LogP contribution in [0.3, 0.4) is 0 Å². The SMILES string of the molecule is COC(=O)C1CC(N(C)Cc2ccc(F)cc2F)CN1Cc1ccc(Cl)c(Cl)c1. The molecule has 1 aliphatic rings. The Balaban J connectivity index is 1.73. The topological polar surface area (TPSA) is 32.8 Å². The molecule has 0 aliphatic carbocycles. The highest BCUT2D eigenvalue weighted by atomic mass is 35.5. The van der Waals surface area contributed by atoms with Crippen molar-refractivity contribution in [3.8, 4) is 0 Å². The molecule has 156 valence electrons. The molecule has 8 heteroatoms. The van der Waals surface area contributed by atoms with Gasteiger partial charge in [0.05, 0.1) is 17.2 Å². The van der Waals surface area contributed by atoms with Gasteiger partial charge in [-0.2, -0.15) is 0 Å². The zero-order valence-corrected chi connectivity index (χ0v) is 17.7. The molecule has 1 fully saturated rings. The summed E-state index contributed by atoms with van der Waals surface area (Å²) in [7, 11) is 3.23. The number of esters is 1. The summed E-state index contributed by atoms with van der Waals surface area (Å²) in [5.74, 6) is -1.49. The molecule has 0 spiro atoms. The first-order valence-electron chi connectivity index (χ1n) is 9.18. The normalized spacial score (nSPS) is 19.7. The molecule has 0 amide bonds. The zero-order chi connectivity index (χ0) is 21.1. The summed E-state index contributed by atoms with van der Waals surface area (Å²) in [4.78, 5) is 16.3. The number of rotatable bonds is 6. The number of carbonyl (C=O) groups is 1. The van der Waals surface area contributed by atoms with Crippen LogP contribution in [0.2, 0.25) is 10.0 Å². The molecule has 1 aliphatic heterocycles. The van der Waals surface area contributed by atoms with Gasteiger partial charge in [0.25, 0.3) is 0 Å².